The number of hydrogen-bond donors (Lipinski definition) is 4. The molecule has 1 aliphatic heterocycles. The quantitative estimate of drug-likeness (QED) is 0.138. The summed E-state index contributed by atoms with van der Waals surface area (Å²) in [4.78, 5) is 65.4. The summed E-state index contributed by atoms with van der Waals surface area (Å²) >= 11 is 6.32. The minimum Gasteiger partial charge on any atom is -0.443 e. The zero-order chi connectivity index (χ0) is 34.4. The molecular weight excluding hydrogens is 638 g/mol. The second-order valence-corrected chi connectivity index (χ2v) is 12.9. The highest BCUT2D eigenvalue weighted by Gasteiger charge is 2.33. The third-order valence-electron chi connectivity index (χ3n) is 7.68. The number of hydroxylamine groups is 2. The molecule has 4 aromatic rings. The molecule has 1 fully saturated rings. The van der Waals surface area contributed by atoms with Crippen molar-refractivity contribution in [2.75, 3.05) is 29.9 Å². The molecular formula is C34H38ClN7O6. The van der Waals surface area contributed by atoms with Crippen molar-refractivity contribution in [2.24, 2.45) is 0 Å². The Kier molecular flexibility index (Phi) is 10.7. The van der Waals surface area contributed by atoms with Crippen LogP contribution in [0.25, 0.3) is 11.0 Å². The molecule has 3 heterocycles. The van der Waals surface area contributed by atoms with E-state index >= 15 is 0 Å². The minimum absolute atomic E-state index is 0.0720. The van der Waals surface area contributed by atoms with Gasteiger partial charge in [-0.25, -0.2) is 19.7 Å². The zero-order valence-electron chi connectivity index (χ0n) is 27.0. The number of amides is 3. The highest BCUT2D eigenvalue weighted by Crippen LogP contribution is 2.26. The molecule has 252 valence electrons. The summed E-state index contributed by atoms with van der Waals surface area (Å²) in [6.07, 6.45) is 3.37. The van der Waals surface area contributed by atoms with Crippen LogP contribution in [0, 0.1) is 0 Å². The number of hydrogen-bond acceptors (Lipinski definition) is 9. The number of rotatable bonds is 9. The van der Waals surface area contributed by atoms with Gasteiger partial charge in [0, 0.05) is 29.7 Å². The molecule has 14 heteroatoms. The Balaban J connectivity index is 1.32. The number of aryl methyl sites for hydroxylation is 1. The van der Waals surface area contributed by atoms with E-state index < -0.39 is 29.1 Å². The van der Waals surface area contributed by atoms with Gasteiger partial charge in [0.05, 0.1) is 10.7 Å². The smallest absolute Gasteiger partial charge is 0.417 e. The van der Waals surface area contributed by atoms with E-state index in [4.69, 9.17) is 16.3 Å². The molecule has 13 nitrogen and oxygen atoms in total. The van der Waals surface area contributed by atoms with Crippen molar-refractivity contribution in [2.45, 2.75) is 58.1 Å². The highest BCUT2D eigenvalue weighted by atomic mass is 35.5. The first-order valence-corrected chi connectivity index (χ1v) is 16.1. The van der Waals surface area contributed by atoms with E-state index in [0.717, 1.165) is 5.56 Å². The Labute approximate surface area is 282 Å². The lowest BCUT2D eigenvalue weighted by Gasteiger charge is -2.34. The summed E-state index contributed by atoms with van der Waals surface area (Å²) in [5, 5.41) is 17.3. The Morgan fingerprint density at radius 3 is 2.52 bits per heavy atom. The molecule has 0 spiro atoms. The summed E-state index contributed by atoms with van der Waals surface area (Å²) in [5.41, 5.74) is -0.349. The van der Waals surface area contributed by atoms with Gasteiger partial charge in [-0.15, -0.1) is 0 Å². The lowest BCUT2D eigenvalue weighted by Crippen LogP contribution is -2.49. The summed E-state index contributed by atoms with van der Waals surface area (Å²) in [7, 11) is 0. The molecule has 0 unspecified atom stereocenters. The molecule has 2 aromatic carbocycles. The van der Waals surface area contributed by atoms with Crippen LogP contribution in [0.3, 0.4) is 0 Å². The van der Waals surface area contributed by atoms with Crippen LogP contribution in [0.2, 0.25) is 5.02 Å². The SMILES string of the molecule is CC(C)(C)OC(=O)N(c1ncc2cc(C(=O)Nc3cc(C(=O)N(O)CCCc4ccccc4)ccc3Cl)c(=O)[nH]c2n1)C1CCNCC1. The maximum absolute atomic E-state index is 13.3. The van der Waals surface area contributed by atoms with Gasteiger partial charge in [-0.3, -0.25) is 19.6 Å². The lowest BCUT2D eigenvalue weighted by molar-refractivity contribution is -0.0584. The molecule has 0 bridgehead atoms. The van der Waals surface area contributed by atoms with Gasteiger partial charge in [-0.05, 0) is 89.4 Å². The van der Waals surface area contributed by atoms with Crippen molar-refractivity contribution in [3.63, 3.8) is 0 Å². The van der Waals surface area contributed by atoms with Crippen LogP contribution < -0.4 is 21.1 Å². The van der Waals surface area contributed by atoms with Crippen LogP contribution in [0.5, 0.6) is 0 Å². The van der Waals surface area contributed by atoms with Gasteiger partial charge in [0.2, 0.25) is 5.95 Å². The Morgan fingerprint density at radius 2 is 1.81 bits per heavy atom. The standard InChI is InChI=1S/C34H38ClN7O6/c1-34(2,3)48-33(46)42(24-13-15-36-16-14-24)32-37-20-23-18-25(30(44)39-28(23)40-32)29(43)38-27-19-22(11-12-26(27)35)31(45)41(47)17-7-10-21-8-5-4-6-9-21/h4-6,8-9,11-12,18-20,24,36,47H,7,10,13-17H2,1-3H3,(H,38,43)(H,37,39,40,44). The van der Waals surface area contributed by atoms with Gasteiger partial charge < -0.3 is 20.4 Å². The summed E-state index contributed by atoms with van der Waals surface area (Å²) < 4.78 is 5.64. The summed E-state index contributed by atoms with van der Waals surface area (Å²) in [6.45, 7) is 6.83. The number of nitrogens with zero attached hydrogens (tertiary/aromatic N) is 4. The normalized spacial score (nSPS) is 13.6. The van der Waals surface area contributed by atoms with Crippen LogP contribution in [0.4, 0.5) is 16.4 Å². The molecule has 2 aromatic heterocycles. The fraction of sp³-hybridized carbons (Fsp3) is 0.353. The van der Waals surface area contributed by atoms with Crippen molar-refractivity contribution >= 4 is 52.2 Å². The largest absolute Gasteiger partial charge is 0.443 e. The van der Waals surface area contributed by atoms with Crippen molar-refractivity contribution in [1.29, 1.82) is 0 Å². The number of benzene rings is 2. The summed E-state index contributed by atoms with van der Waals surface area (Å²) in [5.74, 6) is -1.39. The van der Waals surface area contributed by atoms with E-state index in [1.165, 1.54) is 35.4 Å². The second kappa shape index (κ2) is 14.9. The Hall–Kier alpha value is -4.85. The number of aromatic nitrogens is 3. The summed E-state index contributed by atoms with van der Waals surface area (Å²) in [6, 6.07) is 15.0. The zero-order valence-corrected chi connectivity index (χ0v) is 27.7. The molecule has 0 radical (unpaired) electrons. The predicted molar refractivity (Wildman–Crippen MR) is 182 cm³/mol. The van der Waals surface area contributed by atoms with Crippen molar-refractivity contribution in [3.8, 4) is 0 Å². The van der Waals surface area contributed by atoms with E-state index in [-0.39, 0.29) is 46.0 Å². The number of carbonyl (C=O) groups excluding carboxylic acids is 3. The first-order valence-electron chi connectivity index (χ1n) is 15.7. The average Bonchev–Trinajstić information content (AvgIpc) is 3.05. The van der Waals surface area contributed by atoms with Gasteiger partial charge in [0.1, 0.15) is 16.8 Å². The number of piperidine rings is 1. The van der Waals surface area contributed by atoms with Crippen molar-refractivity contribution in [3.05, 3.63) is 92.9 Å². The van der Waals surface area contributed by atoms with Crippen LogP contribution in [-0.4, -0.2) is 74.4 Å². The van der Waals surface area contributed by atoms with Crippen molar-refractivity contribution in [1.82, 2.24) is 25.3 Å². The number of nitrogens with one attached hydrogen (secondary N) is 3. The number of H-pyrrole nitrogens is 1. The lowest BCUT2D eigenvalue weighted by atomic mass is 10.1. The Morgan fingerprint density at radius 1 is 1.08 bits per heavy atom. The van der Waals surface area contributed by atoms with Crippen molar-refractivity contribution < 1.29 is 24.3 Å². The van der Waals surface area contributed by atoms with Gasteiger partial charge in [-0.1, -0.05) is 41.9 Å². The predicted octanol–water partition coefficient (Wildman–Crippen LogP) is 5.18. The molecule has 5 rings (SSSR count). The molecule has 4 N–H and O–H groups in total. The van der Waals surface area contributed by atoms with Crippen LogP contribution >= 0.6 is 11.6 Å². The van der Waals surface area contributed by atoms with Crippen LogP contribution in [-0.2, 0) is 11.2 Å². The number of carbonyl (C=O) groups is 3. The fourth-order valence-electron chi connectivity index (χ4n) is 5.31. The fourth-order valence-corrected chi connectivity index (χ4v) is 5.47. The number of ether oxygens (including phenoxy) is 1. The topological polar surface area (TPSA) is 170 Å². The maximum Gasteiger partial charge on any atom is 0.417 e. The number of anilines is 2. The van der Waals surface area contributed by atoms with E-state index in [1.807, 2.05) is 30.3 Å². The van der Waals surface area contributed by atoms with E-state index in [1.54, 1.807) is 20.8 Å². The first-order chi connectivity index (χ1) is 22.9. The molecule has 1 saturated heterocycles. The number of pyridine rings is 1. The molecule has 0 aliphatic carbocycles. The molecule has 3 amide bonds. The highest BCUT2D eigenvalue weighted by molar-refractivity contribution is 6.34. The third kappa shape index (κ3) is 8.54. The minimum atomic E-state index is -0.789. The molecule has 48 heavy (non-hydrogen) atoms. The van der Waals surface area contributed by atoms with E-state index in [9.17, 15) is 24.4 Å². The Bertz CT molecular complexity index is 1850. The number of fused-ring (bicyclic) bond motifs is 1. The molecule has 0 atom stereocenters. The van der Waals surface area contributed by atoms with Gasteiger partial charge in [-0.2, -0.15) is 4.98 Å². The van der Waals surface area contributed by atoms with E-state index in [2.05, 4.69) is 25.6 Å². The molecule has 0 saturated carbocycles. The average molecular weight is 676 g/mol. The third-order valence-corrected chi connectivity index (χ3v) is 8.01. The maximum atomic E-state index is 13.3. The number of halogens is 1. The monoisotopic (exact) mass is 675 g/mol. The van der Waals surface area contributed by atoms with E-state index in [0.29, 0.717) is 49.2 Å². The van der Waals surface area contributed by atoms with Gasteiger partial charge in [0.15, 0.2) is 0 Å². The molecule has 1 aliphatic rings. The van der Waals surface area contributed by atoms with Gasteiger partial charge in [0.25, 0.3) is 17.4 Å². The second-order valence-electron chi connectivity index (χ2n) is 12.5. The van der Waals surface area contributed by atoms with Gasteiger partial charge >= 0.3 is 6.09 Å². The number of aromatic amines is 1. The van der Waals surface area contributed by atoms with Crippen LogP contribution in [0.15, 0.2) is 65.6 Å². The van der Waals surface area contributed by atoms with Crippen LogP contribution in [0.1, 0.15) is 66.3 Å². The first kappa shape index (κ1) is 34.5.